The van der Waals surface area contributed by atoms with Gasteiger partial charge in [-0.25, -0.2) is 13.2 Å². The molecular formula is C18H18ClNO6S. The summed E-state index contributed by atoms with van der Waals surface area (Å²) in [7, 11) is -3.59. The zero-order valence-electron chi connectivity index (χ0n) is 14.5. The normalized spacial score (nSPS) is 10.9. The van der Waals surface area contributed by atoms with Crippen LogP contribution in [0.15, 0.2) is 53.4 Å². The number of nitrogens with one attached hydrogen (secondary N) is 1. The summed E-state index contributed by atoms with van der Waals surface area (Å²) in [5, 5.41) is 3.12. The molecule has 0 aliphatic carbocycles. The number of ether oxygens (including phenoxy) is 2. The van der Waals surface area contributed by atoms with Gasteiger partial charge in [0.25, 0.3) is 5.91 Å². The van der Waals surface area contributed by atoms with Crippen LogP contribution >= 0.6 is 11.6 Å². The van der Waals surface area contributed by atoms with Gasteiger partial charge in [-0.1, -0.05) is 23.7 Å². The van der Waals surface area contributed by atoms with E-state index in [0.717, 1.165) is 6.26 Å². The molecule has 0 bridgehead atoms. The number of hydrogen-bond acceptors (Lipinski definition) is 6. The fourth-order valence-corrected chi connectivity index (χ4v) is 3.11. The third-order valence-corrected chi connectivity index (χ3v) is 4.75. The van der Waals surface area contributed by atoms with Gasteiger partial charge in [-0.2, -0.15) is 0 Å². The second-order valence-electron chi connectivity index (χ2n) is 5.50. The van der Waals surface area contributed by atoms with Gasteiger partial charge in [0.2, 0.25) is 0 Å². The monoisotopic (exact) mass is 411 g/mol. The van der Waals surface area contributed by atoms with Gasteiger partial charge in [-0.15, -0.1) is 0 Å². The van der Waals surface area contributed by atoms with Crippen molar-refractivity contribution in [3.8, 4) is 5.75 Å². The summed E-state index contributed by atoms with van der Waals surface area (Å²) < 4.78 is 33.7. The van der Waals surface area contributed by atoms with E-state index in [1.165, 1.54) is 24.3 Å². The molecule has 0 spiro atoms. The van der Waals surface area contributed by atoms with Gasteiger partial charge in [0, 0.05) is 11.3 Å². The Hall–Kier alpha value is -2.58. The molecule has 0 heterocycles. The third kappa shape index (κ3) is 6.58. The molecule has 0 saturated carbocycles. The number of esters is 1. The predicted octanol–water partition coefficient (Wildman–Crippen LogP) is 2.10. The molecule has 2 rings (SSSR count). The second-order valence-corrected chi connectivity index (χ2v) is 7.92. The van der Waals surface area contributed by atoms with E-state index in [1.54, 1.807) is 24.3 Å². The van der Waals surface area contributed by atoms with Crippen molar-refractivity contribution in [3.05, 3.63) is 59.1 Å². The van der Waals surface area contributed by atoms with Gasteiger partial charge in [0.05, 0.1) is 17.0 Å². The number of benzene rings is 2. The first kappa shape index (κ1) is 20.7. The van der Waals surface area contributed by atoms with Crippen molar-refractivity contribution in [3.63, 3.8) is 0 Å². The summed E-state index contributed by atoms with van der Waals surface area (Å²) in [5.41, 5.74) is -0.112. The average Bonchev–Trinajstić information content (AvgIpc) is 2.64. The van der Waals surface area contributed by atoms with E-state index >= 15 is 0 Å². The molecule has 0 unspecified atom stereocenters. The van der Waals surface area contributed by atoms with E-state index < -0.39 is 28.3 Å². The minimum Gasteiger partial charge on any atom is -0.492 e. The highest BCUT2D eigenvalue weighted by molar-refractivity contribution is 7.90. The molecule has 0 fully saturated rings. The Labute approximate surface area is 162 Å². The summed E-state index contributed by atoms with van der Waals surface area (Å²) in [4.78, 5) is 23.6. The van der Waals surface area contributed by atoms with Crippen molar-refractivity contribution < 1.29 is 27.5 Å². The second kappa shape index (κ2) is 9.38. The molecule has 1 amide bonds. The molecule has 2 aromatic carbocycles. The molecule has 7 nitrogen and oxygen atoms in total. The van der Waals surface area contributed by atoms with Crippen molar-refractivity contribution >= 4 is 33.3 Å². The lowest BCUT2D eigenvalue weighted by atomic mass is 10.2. The highest BCUT2D eigenvalue weighted by Gasteiger charge is 2.19. The van der Waals surface area contributed by atoms with Crippen LogP contribution in [0.2, 0.25) is 5.02 Å². The molecule has 0 aliphatic heterocycles. The van der Waals surface area contributed by atoms with Gasteiger partial charge >= 0.3 is 5.97 Å². The summed E-state index contributed by atoms with van der Waals surface area (Å²) >= 11 is 5.77. The quantitative estimate of drug-likeness (QED) is 0.527. The van der Waals surface area contributed by atoms with E-state index in [0.29, 0.717) is 10.8 Å². The fourth-order valence-electron chi connectivity index (χ4n) is 2.11. The van der Waals surface area contributed by atoms with Gasteiger partial charge in [0.15, 0.2) is 16.4 Å². The van der Waals surface area contributed by atoms with Crippen LogP contribution in [0.25, 0.3) is 0 Å². The smallest absolute Gasteiger partial charge is 0.339 e. The average molecular weight is 412 g/mol. The maximum absolute atomic E-state index is 12.1. The van der Waals surface area contributed by atoms with Crippen LogP contribution in [0.4, 0.5) is 0 Å². The lowest BCUT2D eigenvalue weighted by Crippen LogP contribution is -2.32. The van der Waals surface area contributed by atoms with E-state index in [-0.39, 0.29) is 23.6 Å². The van der Waals surface area contributed by atoms with Gasteiger partial charge < -0.3 is 14.8 Å². The third-order valence-electron chi connectivity index (χ3n) is 3.35. The first-order chi connectivity index (χ1) is 12.8. The Morgan fingerprint density at radius 2 is 1.74 bits per heavy atom. The molecule has 0 saturated heterocycles. The van der Waals surface area contributed by atoms with Crippen LogP contribution < -0.4 is 10.1 Å². The lowest BCUT2D eigenvalue weighted by Gasteiger charge is -2.09. The number of halogens is 1. The number of amides is 1. The Morgan fingerprint density at radius 1 is 1.07 bits per heavy atom. The largest absolute Gasteiger partial charge is 0.492 e. The molecule has 0 aliphatic rings. The number of carbonyl (C=O) groups excluding carboxylic acids is 2. The topological polar surface area (TPSA) is 98.8 Å². The minimum absolute atomic E-state index is 0.112. The molecule has 27 heavy (non-hydrogen) atoms. The lowest BCUT2D eigenvalue weighted by molar-refractivity contribution is -0.124. The van der Waals surface area contributed by atoms with E-state index in [4.69, 9.17) is 21.1 Å². The van der Waals surface area contributed by atoms with Crippen molar-refractivity contribution in [2.45, 2.75) is 4.90 Å². The zero-order chi connectivity index (χ0) is 19.9. The van der Waals surface area contributed by atoms with Crippen molar-refractivity contribution in [2.24, 2.45) is 0 Å². The molecule has 2 aromatic rings. The Kier molecular flexibility index (Phi) is 7.20. The first-order valence-corrected chi connectivity index (χ1v) is 10.2. The fraction of sp³-hybridized carbons (Fsp3) is 0.222. The molecule has 0 aromatic heterocycles. The van der Waals surface area contributed by atoms with Crippen LogP contribution in [0.5, 0.6) is 5.75 Å². The van der Waals surface area contributed by atoms with Crippen LogP contribution in [-0.4, -0.2) is 46.3 Å². The highest BCUT2D eigenvalue weighted by atomic mass is 35.5. The zero-order valence-corrected chi connectivity index (χ0v) is 16.0. The highest BCUT2D eigenvalue weighted by Crippen LogP contribution is 2.16. The Morgan fingerprint density at radius 3 is 2.41 bits per heavy atom. The van der Waals surface area contributed by atoms with Gasteiger partial charge in [0.1, 0.15) is 12.4 Å². The summed E-state index contributed by atoms with van der Waals surface area (Å²) in [5.74, 6) is -0.805. The van der Waals surface area contributed by atoms with Crippen LogP contribution in [0, 0.1) is 0 Å². The molecule has 0 atom stereocenters. The van der Waals surface area contributed by atoms with Gasteiger partial charge in [-0.3, -0.25) is 4.79 Å². The number of carbonyl (C=O) groups is 2. The first-order valence-electron chi connectivity index (χ1n) is 7.88. The molecule has 9 heteroatoms. The maximum Gasteiger partial charge on any atom is 0.339 e. The predicted molar refractivity (Wildman–Crippen MR) is 99.8 cm³/mol. The molecule has 1 N–H and O–H groups in total. The summed E-state index contributed by atoms with van der Waals surface area (Å²) in [6, 6.07) is 12.4. The van der Waals surface area contributed by atoms with Crippen LogP contribution in [-0.2, 0) is 19.4 Å². The van der Waals surface area contributed by atoms with E-state index in [9.17, 15) is 18.0 Å². The Balaban J connectivity index is 1.77. The molecule has 0 radical (unpaired) electrons. The number of rotatable bonds is 8. The molecular weight excluding hydrogens is 394 g/mol. The summed E-state index contributed by atoms with van der Waals surface area (Å²) in [6.45, 7) is -0.102. The van der Waals surface area contributed by atoms with Crippen molar-refractivity contribution in [2.75, 3.05) is 26.0 Å². The summed E-state index contributed by atoms with van der Waals surface area (Å²) in [6.07, 6.45) is 0.993. The van der Waals surface area contributed by atoms with E-state index in [2.05, 4.69) is 5.32 Å². The molecule has 144 valence electrons. The minimum atomic E-state index is -3.59. The number of hydrogen-bond donors (Lipinski definition) is 1. The van der Waals surface area contributed by atoms with Crippen molar-refractivity contribution in [1.29, 1.82) is 0 Å². The SMILES string of the molecule is CS(=O)(=O)c1ccccc1C(=O)OCC(=O)NCCOc1ccc(Cl)cc1. The standard InChI is InChI=1S/C18H18ClNO6S/c1-27(23,24)16-5-3-2-4-15(16)18(22)26-12-17(21)20-10-11-25-14-8-6-13(19)7-9-14/h2-9H,10-12H2,1H3,(H,20,21). The van der Waals surface area contributed by atoms with E-state index in [1.807, 2.05) is 0 Å². The van der Waals surface area contributed by atoms with Gasteiger partial charge in [-0.05, 0) is 36.4 Å². The van der Waals surface area contributed by atoms with Crippen molar-refractivity contribution in [1.82, 2.24) is 5.32 Å². The number of sulfone groups is 1. The Bertz CT molecular complexity index is 912. The van der Waals surface area contributed by atoms with Crippen LogP contribution in [0.3, 0.4) is 0 Å². The van der Waals surface area contributed by atoms with Crippen LogP contribution in [0.1, 0.15) is 10.4 Å². The maximum atomic E-state index is 12.1.